The summed E-state index contributed by atoms with van der Waals surface area (Å²) in [6, 6.07) is 9.96. The predicted octanol–water partition coefficient (Wildman–Crippen LogP) is 1.98. The molecule has 2 N–H and O–H groups in total. The highest BCUT2D eigenvalue weighted by molar-refractivity contribution is 5.39. The molecular weight excluding hydrogens is 234 g/mol. The highest BCUT2D eigenvalue weighted by Gasteiger charge is 2.34. The molecule has 2 atom stereocenters. The summed E-state index contributed by atoms with van der Waals surface area (Å²) >= 11 is 0. The second-order valence-corrected chi connectivity index (χ2v) is 6.13. The molecule has 0 aliphatic carbocycles. The quantitative estimate of drug-likeness (QED) is 0.843. The van der Waals surface area contributed by atoms with Crippen LogP contribution in [0.2, 0.25) is 0 Å². The normalized spacial score (nSPS) is 28.5. The standard InChI is InChI=1S/C16H25N3/c1-18-15-6-7-16(18)12-19(11-9-15)10-8-13-2-4-14(17)5-3-13/h2-5,15-16H,6-12,17H2,1H3. The van der Waals surface area contributed by atoms with Gasteiger partial charge in [0.05, 0.1) is 0 Å². The first-order valence-electron chi connectivity index (χ1n) is 7.51. The Kier molecular flexibility index (Phi) is 3.76. The Morgan fingerprint density at radius 2 is 1.84 bits per heavy atom. The second kappa shape index (κ2) is 5.51. The Morgan fingerprint density at radius 1 is 1.11 bits per heavy atom. The first kappa shape index (κ1) is 12.9. The zero-order chi connectivity index (χ0) is 13.2. The Balaban J connectivity index is 1.54. The van der Waals surface area contributed by atoms with Gasteiger partial charge in [-0.05, 0) is 57.0 Å². The maximum atomic E-state index is 5.73. The average Bonchev–Trinajstić information content (AvgIpc) is 2.65. The fraction of sp³-hybridized carbons (Fsp3) is 0.625. The van der Waals surface area contributed by atoms with E-state index in [1.807, 2.05) is 12.1 Å². The summed E-state index contributed by atoms with van der Waals surface area (Å²) in [5.41, 5.74) is 7.99. The number of hydrogen-bond acceptors (Lipinski definition) is 3. The van der Waals surface area contributed by atoms with Crippen LogP contribution < -0.4 is 5.73 Å². The third kappa shape index (κ3) is 2.93. The molecule has 0 spiro atoms. The van der Waals surface area contributed by atoms with Gasteiger partial charge in [0, 0.05) is 30.9 Å². The molecule has 2 heterocycles. The van der Waals surface area contributed by atoms with Crippen LogP contribution in [0.4, 0.5) is 5.69 Å². The van der Waals surface area contributed by atoms with Gasteiger partial charge in [-0.3, -0.25) is 4.90 Å². The summed E-state index contributed by atoms with van der Waals surface area (Å²) in [5.74, 6) is 0. The molecule has 1 aromatic rings. The van der Waals surface area contributed by atoms with Crippen molar-refractivity contribution >= 4 is 5.69 Å². The number of benzene rings is 1. The maximum absolute atomic E-state index is 5.73. The SMILES string of the molecule is CN1C2CCC1CN(CCc1ccc(N)cc1)CC2. The molecule has 0 amide bonds. The van der Waals surface area contributed by atoms with Gasteiger partial charge in [-0.25, -0.2) is 0 Å². The molecule has 104 valence electrons. The van der Waals surface area contributed by atoms with Crippen LogP contribution >= 0.6 is 0 Å². The van der Waals surface area contributed by atoms with E-state index < -0.39 is 0 Å². The van der Waals surface area contributed by atoms with Crippen molar-refractivity contribution in [1.29, 1.82) is 0 Å². The zero-order valence-corrected chi connectivity index (χ0v) is 11.9. The van der Waals surface area contributed by atoms with Gasteiger partial charge in [0.2, 0.25) is 0 Å². The molecule has 3 nitrogen and oxygen atoms in total. The summed E-state index contributed by atoms with van der Waals surface area (Å²) < 4.78 is 0. The second-order valence-electron chi connectivity index (χ2n) is 6.13. The fourth-order valence-electron chi connectivity index (χ4n) is 3.55. The summed E-state index contributed by atoms with van der Waals surface area (Å²) in [6.07, 6.45) is 5.28. The van der Waals surface area contributed by atoms with Crippen LogP contribution in [0.15, 0.2) is 24.3 Å². The maximum Gasteiger partial charge on any atom is 0.0314 e. The molecule has 2 aliphatic rings. The number of fused-ring (bicyclic) bond motifs is 2. The number of nitrogens with two attached hydrogens (primary N) is 1. The monoisotopic (exact) mass is 259 g/mol. The van der Waals surface area contributed by atoms with E-state index in [-0.39, 0.29) is 0 Å². The molecule has 0 saturated carbocycles. The van der Waals surface area contributed by atoms with Gasteiger partial charge in [0.1, 0.15) is 0 Å². The van der Waals surface area contributed by atoms with Crippen molar-refractivity contribution in [2.45, 2.75) is 37.8 Å². The smallest absolute Gasteiger partial charge is 0.0314 e. The van der Waals surface area contributed by atoms with E-state index in [0.29, 0.717) is 0 Å². The topological polar surface area (TPSA) is 32.5 Å². The van der Waals surface area contributed by atoms with E-state index in [2.05, 4.69) is 29.0 Å². The van der Waals surface area contributed by atoms with E-state index in [0.717, 1.165) is 24.2 Å². The molecule has 0 aromatic heterocycles. The molecule has 3 rings (SSSR count). The summed E-state index contributed by atoms with van der Waals surface area (Å²) in [6.45, 7) is 3.70. The van der Waals surface area contributed by atoms with Gasteiger partial charge in [-0.1, -0.05) is 12.1 Å². The van der Waals surface area contributed by atoms with Crippen LogP contribution in [0.3, 0.4) is 0 Å². The van der Waals surface area contributed by atoms with Gasteiger partial charge in [0.15, 0.2) is 0 Å². The molecule has 19 heavy (non-hydrogen) atoms. The molecule has 3 heteroatoms. The number of rotatable bonds is 3. The lowest BCUT2D eigenvalue weighted by Gasteiger charge is -2.25. The highest BCUT2D eigenvalue weighted by Crippen LogP contribution is 2.28. The molecule has 2 fully saturated rings. The summed E-state index contributed by atoms with van der Waals surface area (Å²) in [7, 11) is 2.31. The van der Waals surface area contributed by atoms with Gasteiger partial charge < -0.3 is 10.6 Å². The van der Waals surface area contributed by atoms with Crippen molar-refractivity contribution in [2.24, 2.45) is 0 Å². The van der Waals surface area contributed by atoms with Gasteiger partial charge in [-0.15, -0.1) is 0 Å². The Bertz CT molecular complexity index is 415. The van der Waals surface area contributed by atoms with E-state index in [1.54, 1.807) is 0 Å². The van der Waals surface area contributed by atoms with Crippen LogP contribution in [0.1, 0.15) is 24.8 Å². The minimum atomic E-state index is 0.791. The molecule has 2 bridgehead atoms. The molecule has 0 radical (unpaired) electrons. The van der Waals surface area contributed by atoms with Crippen molar-refractivity contribution < 1.29 is 0 Å². The van der Waals surface area contributed by atoms with E-state index in [1.165, 1.54) is 44.5 Å². The third-order valence-electron chi connectivity index (χ3n) is 4.93. The fourth-order valence-corrected chi connectivity index (χ4v) is 3.55. The van der Waals surface area contributed by atoms with Gasteiger partial charge in [-0.2, -0.15) is 0 Å². The van der Waals surface area contributed by atoms with E-state index in [4.69, 9.17) is 5.73 Å². The van der Waals surface area contributed by atoms with Crippen LogP contribution in [0.25, 0.3) is 0 Å². The molecule has 2 unspecified atom stereocenters. The Morgan fingerprint density at radius 3 is 2.63 bits per heavy atom. The van der Waals surface area contributed by atoms with Crippen molar-refractivity contribution in [3.8, 4) is 0 Å². The largest absolute Gasteiger partial charge is 0.399 e. The van der Waals surface area contributed by atoms with Gasteiger partial charge in [0.25, 0.3) is 0 Å². The van der Waals surface area contributed by atoms with Crippen LogP contribution in [0, 0.1) is 0 Å². The number of nitrogen functional groups attached to an aromatic ring is 1. The third-order valence-corrected chi connectivity index (χ3v) is 4.93. The number of likely N-dealkylation sites (tertiary alicyclic amines) is 1. The zero-order valence-electron chi connectivity index (χ0n) is 11.9. The minimum Gasteiger partial charge on any atom is -0.399 e. The molecular formula is C16H25N3. The van der Waals surface area contributed by atoms with Gasteiger partial charge >= 0.3 is 0 Å². The van der Waals surface area contributed by atoms with Crippen molar-refractivity contribution in [3.05, 3.63) is 29.8 Å². The highest BCUT2D eigenvalue weighted by atomic mass is 15.3. The number of anilines is 1. The average molecular weight is 259 g/mol. The van der Waals surface area contributed by atoms with Crippen LogP contribution in [-0.4, -0.2) is 48.6 Å². The summed E-state index contributed by atoms with van der Waals surface area (Å²) in [5, 5.41) is 0. The molecule has 2 aliphatic heterocycles. The first-order valence-corrected chi connectivity index (χ1v) is 7.51. The number of hydrogen-bond donors (Lipinski definition) is 1. The molecule has 2 saturated heterocycles. The number of nitrogens with zero attached hydrogens (tertiary/aromatic N) is 2. The minimum absolute atomic E-state index is 0.791. The van der Waals surface area contributed by atoms with Crippen LogP contribution in [0.5, 0.6) is 0 Å². The Labute approximate surface area is 116 Å². The molecule has 1 aromatic carbocycles. The Hall–Kier alpha value is -1.06. The number of likely N-dealkylation sites (N-methyl/N-ethyl adjacent to an activating group) is 1. The lowest BCUT2D eigenvalue weighted by molar-refractivity contribution is 0.220. The lowest BCUT2D eigenvalue weighted by atomic mass is 10.1. The van der Waals surface area contributed by atoms with Crippen molar-refractivity contribution in [1.82, 2.24) is 9.80 Å². The van der Waals surface area contributed by atoms with Crippen molar-refractivity contribution in [2.75, 3.05) is 32.4 Å². The van der Waals surface area contributed by atoms with E-state index in [9.17, 15) is 0 Å². The lowest BCUT2D eigenvalue weighted by Crippen LogP contribution is -2.37. The first-order chi connectivity index (χ1) is 9.22. The van der Waals surface area contributed by atoms with Crippen LogP contribution in [-0.2, 0) is 6.42 Å². The summed E-state index contributed by atoms with van der Waals surface area (Å²) in [4.78, 5) is 5.26. The van der Waals surface area contributed by atoms with E-state index >= 15 is 0 Å². The predicted molar refractivity (Wildman–Crippen MR) is 80.2 cm³/mol. The van der Waals surface area contributed by atoms with Crippen molar-refractivity contribution in [3.63, 3.8) is 0 Å².